The zero-order valence-corrected chi connectivity index (χ0v) is 22.5. The average molecular weight is 548 g/mol. The molecule has 0 radical (unpaired) electrons. The van der Waals surface area contributed by atoms with E-state index in [2.05, 4.69) is 10.5 Å². The van der Waals surface area contributed by atoms with Crippen LogP contribution in [-0.2, 0) is 17.6 Å². The molecule has 1 amide bonds. The molecule has 1 N–H and O–H groups in total. The largest absolute Gasteiger partial charge is 0.272 e. The van der Waals surface area contributed by atoms with Gasteiger partial charge in [0.1, 0.15) is 4.83 Å². The van der Waals surface area contributed by atoms with Crippen LogP contribution >= 0.6 is 23.1 Å². The zero-order valence-electron chi connectivity index (χ0n) is 20.9. The van der Waals surface area contributed by atoms with Crippen molar-refractivity contribution in [3.63, 3.8) is 0 Å². The predicted octanol–water partition coefficient (Wildman–Crippen LogP) is 5.18. The number of nitrogens with zero attached hydrogens (tertiary/aromatic N) is 4. The third-order valence-corrected chi connectivity index (χ3v) is 8.55. The van der Waals surface area contributed by atoms with Gasteiger partial charge in [-0.15, -0.1) is 11.3 Å². The Balaban J connectivity index is 1.40. The third kappa shape index (κ3) is 5.25. The Kier molecular flexibility index (Phi) is 7.39. The normalized spacial score (nSPS) is 13.4. The van der Waals surface area contributed by atoms with Gasteiger partial charge >= 0.3 is 0 Å². The maximum absolute atomic E-state index is 13.8. The molecule has 194 valence electrons. The minimum Gasteiger partial charge on any atom is -0.272 e. The molecule has 2 heterocycles. The number of benzene rings is 2. The van der Waals surface area contributed by atoms with E-state index in [0.29, 0.717) is 27.5 Å². The number of thiophene rings is 1. The molecule has 0 atom stereocenters. The fraction of sp³-hybridized carbons (Fsp3) is 0.259. The number of hydrogen-bond acceptors (Lipinski definition) is 8. The van der Waals surface area contributed by atoms with Crippen molar-refractivity contribution in [3.8, 4) is 5.69 Å². The van der Waals surface area contributed by atoms with Crippen LogP contribution in [0, 0.1) is 17.0 Å². The van der Waals surface area contributed by atoms with Gasteiger partial charge < -0.3 is 0 Å². The van der Waals surface area contributed by atoms with Gasteiger partial charge in [-0.2, -0.15) is 5.10 Å². The molecule has 0 bridgehead atoms. The highest BCUT2D eigenvalue weighted by atomic mass is 32.2. The molecule has 9 nitrogen and oxygen atoms in total. The molecule has 1 aliphatic carbocycles. The Bertz CT molecular complexity index is 1620. The molecule has 0 unspecified atom stereocenters. The molecule has 2 aromatic heterocycles. The predicted molar refractivity (Wildman–Crippen MR) is 151 cm³/mol. The monoisotopic (exact) mass is 547 g/mol. The third-order valence-electron chi connectivity index (χ3n) is 6.43. The minimum absolute atomic E-state index is 0.00589. The quantitative estimate of drug-likeness (QED) is 0.112. The van der Waals surface area contributed by atoms with Crippen LogP contribution in [0.15, 0.2) is 63.6 Å². The summed E-state index contributed by atoms with van der Waals surface area (Å²) >= 11 is 2.76. The highest BCUT2D eigenvalue weighted by molar-refractivity contribution is 7.99. The summed E-state index contributed by atoms with van der Waals surface area (Å²) in [5.74, 6) is -0.349. The second-order valence-electron chi connectivity index (χ2n) is 9.09. The first-order chi connectivity index (χ1) is 18.3. The van der Waals surface area contributed by atoms with E-state index >= 15 is 0 Å². The Morgan fingerprint density at radius 2 is 1.87 bits per heavy atom. The van der Waals surface area contributed by atoms with Crippen molar-refractivity contribution in [1.29, 1.82) is 0 Å². The Hall–Kier alpha value is -3.83. The fourth-order valence-electron chi connectivity index (χ4n) is 4.40. The average Bonchev–Trinajstić information content (AvgIpc) is 3.30. The number of non-ortho nitro benzene ring substituents is 1. The molecule has 0 saturated heterocycles. The summed E-state index contributed by atoms with van der Waals surface area (Å²) in [7, 11) is 0. The van der Waals surface area contributed by atoms with E-state index in [1.54, 1.807) is 35.0 Å². The summed E-state index contributed by atoms with van der Waals surface area (Å²) in [6.45, 7) is 3.69. The molecule has 5 rings (SSSR count). The van der Waals surface area contributed by atoms with Crippen LogP contribution < -0.4 is 11.0 Å². The van der Waals surface area contributed by atoms with Gasteiger partial charge in [-0.05, 0) is 74.9 Å². The molecule has 38 heavy (non-hydrogen) atoms. The highest BCUT2D eigenvalue weighted by Crippen LogP contribution is 2.35. The maximum Gasteiger partial charge on any atom is 0.269 e. The number of nitro groups is 1. The highest BCUT2D eigenvalue weighted by Gasteiger charge is 2.23. The van der Waals surface area contributed by atoms with Crippen molar-refractivity contribution >= 4 is 50.6 Å². The number of fused-ring (bicyclic) bond motifs is 3. The lowest BCUT2D eigenvalue weighted by molar-refractivity contribution is -0.384. The van der Waals surface area contributed by atoms with Gasteiger partial charge in [0.25, 0.3) is 17.2 Å². The number of hydrazone groups is 1. The van der Waals surface area contributed by atoms with Crippen LogP contribution in [-0.4, -0.2) is 31.8 Å². The molecule has 11 heteroatoms. The zero-order chi connectivity index (χ0) is 26.8. The first-order valence-corrected chi connectivity index (χ1v) is 14.0. The molecule has 0 saturated carbocycles. The standard InChI is InChI=1S/C27H25N5O4S2/c1-16-7-11-19(12-8-16)31-26(34)24-21-5-3-4-6-22(21)38-25(24)28-27(31)37-15-23(33)30-29-17(2)18-9-13-20(14-10-18)32(35)36/h7-14H,3-6,15H2,1-2H3,(H,30,33)/b29-17-. The molecular weight excluding hydrogens is 522 g/mol. The van der Waals surface area contributed by atoms with Gasteiger partial charge in [0.05, 0.1) is 27.5 Å². The minimum atomic E-state index is -0.470. The summed E-state index contributed by atoms with van der Waals surface area (Å²) in [5.41, 5.74) is 6.50. The molecule has 0 spiro atoms. The lowest BCUT2D eigenvalue weighted by Gasteiger charge is -2.13. The number of carbonyl (C=O) groups is 1. The summed E-state index contributed by atoms with van der Waals surface area (Å²) in [6, 6.07) is 13.6. The van der Waals surface area contributed by atoms with Crippen LogP contribution in [0.2, 0.25) is 0 Å². The summed E-state index contributed by atoms with van der Waals surface area (Å²) in [6.07, 6.45) is 4.05. The Morgan fingerprint density at radius 1 is 1.16 bits per heavy atom. The maximum atomic E-state index is 13.8. The van der Waals surface area contributed by atoms with E-state index in [1.807, 2.05) is 31.2 Å². The van der Waals surface area contributed by atoms with E-state index in [0.717, 1.165) is 41.6 Å². The smallest absolute Gasteiger partial charge is 0.269 e. The van der Waals surface area contributed by atoms with Crippen molar-refractivity contribution in [3.05, 3.63) is 90.6 Å². The summed E-state index contributed by atoms with van der Waals surface area (Å²) < 4.78 is 1.60. The van der Waals surface area contributed by atoms with Crippen molar-refractivity contribution in [2.75, 3.05) is 5.75 Å². The van der Waals surface area contributed by atoms with E-state index in [9.17, 15) is 19.7 Å². The Labute approximate surface area is 226 Å². The van der Waals surface area contributed by atoms with Gasteiger partial charge in [-0.1, -0.05) is 29.5 Å². The van der Waals surface area contributed by atoms with Gasteiger partial charge in [0.15, 0.2) is 5.16 Å². The number of amides is 1. The van der Waals surface area contributed by atoms with E-state index in [4.69, 9.17) is 4.98 Å². The van der Waals surface area contributed by atoms with Gasteiger partial charge in [-0.25, -0.2) is 10.4 Å². The lowest BCUT2D eigenvalue weighted by atomic mass is 9.97. The lowest BCUT2D eigenvalue weighted by Crippen LogP contribution is -2.24. The van der Waals surface area contributed by atoms with Gasteiger partial charge in [-0.3, -0.25) is 24.3 Å². The summed E-state index contributed by atoms with van der Waals surface area (Å²) in [5, 5.41) is 16.1. The summed E-state index contributed by atoms with van der Waals surface area (Å²) in [4.78, 5) is 43.6. The van der Waals surface area contributed by atoms with Crippen molar-refractivity contribution in [2.24, 2.45) is 5.10 Å². The van der Waals surface area contributed by atoms with Crippen LogP contribution in [0.4, 0.5) is 5.69 Å². The molecular formula is C27H25N5O4S2. The van der Waals surface area contributed by atoms with Gasteiger partial charge in [0, 0.05) is 17.0 Å². The van der Waals surface area contributed by atoms with Crippen molar-refractivity contribution in [2.45, 2.75) is 44.7 Å². The number of nitro benzene ring substituents is 1. The molecule has 4 aromatic rings. The first kappa shape index (κ1) is 25.8. The topological polar surface area (TPSA) is 119 Å². The van der Waals surface area contributed by atoms with Crippen molar-refractivity contribution < 1.29 is 9.72 Å². The van der Waals surface area contributed by atoms with Crippen LogP contribution in [0.1, 0.15) is 41.3 Å². The van der Waals surface area contributed by atoms with Gasteiger partial charge in [0.2, 0.25) is 0 Å². The molecule has 0 fully saturated rings. The number of aryl methyl sites for hydroxylation is 3. The Morgan fingerprint density at radius 3 is 2.58 bits per heavy atom. The second kappa shape index (κ2) is 10.9. The number of rotatable bonds is 7. The van der Waals surface area contributed by atoms with E-state index in [-0.39, 0.29) is 22.9 Å². The SMILES string of the molecule is C/C(=N/NC(=O)CSc1nc2sc3c(c2c(=O)n1-c1ccc(C)cc1)CCCC3)c1ccc([N+](=O)[O-])cc1. The number of carbonyl (C=O) groups excluding carboxylic acids is 1. The fourth-order valence-corrected chi connectivity index (χ4v) is 6.51. The van der Waals surface area contributed by atoms with Crippen LogP contribution in [0.5, 0.6) is 0 Å². The van der Waals surface area contributed by atoms with E-state index < -0.39 is 4.92 Å². The number of hydrogen-bond donors (Lipinski definition) is 1. The molecule has 2 aromatic carbocycles. The number of nitrogens with one attached hydrogen (secondary N) is 1. The molecule has 1 aliphatic rings. The number of thioether (sulfide) groups is 1. The molecule has 0 aliphatic heterocycles. The van der Waals surface area contributed by atoms with E-state index in [1.165, 1.54) is 28.8 Å². The second-order valence-corrected chi connectivity index (χ2v) is 11.1. The van der Waals surface area contributed by atoms with Crippen molar-refractivity contribution in [1.82, 2.24) is 15.0 Å². The van der Waals surface area contributed by atoms with Crippen LogP contribution in [0.25, 0.3) is 15.9 Å². The van der Waals surface area contributed by atoms with Crippen LogP contribution in [0.3, 0.4) is 0 Å². The number of aromatic nitrogens is 2. The first-order valence-electron chi connectivity index (χ1n) is 12.2.